The van der Waals surface area contributed by atoms with Crippen LogP contribution in [0.4, 0.5) is 13.2 Å². The zero-order valence-corrected chi connectivity index (χ0v) is 39.7. The lowest BCUT2D eigenvalue weighted by Crippen LogP contribution is -2.59. The van der Waals surface area contributed by atoms with Gasteiger partial charge in [-0.1, -0.05) is 48.5 Å². The molecule has 0 aromatic carbocycles. The number of nitrogens with one attached hydrogen (secondary N) is 3. The van der Waals surface area contributed by atoms with Crippen molar-refractivity contribution in [2.24, 2.45) is 35.5 Å². The highest BCUT2D eigenvalue weighted by Crippen LogP contribution is 2.41. The highest BCUT2D eigenvalue weighted by atomic mass is 19.4. The van der Waals surface area contributed by atoms with E-state index in [2.05, 4.69) is 22.9 Å². The van der Waals surface area contributed by atoms with E-state index >= 15 is 0 Å². The normalized spacial score (nSPS) is 42.1. The Balaban J connectivity index is 2.15. The number of hydrogen-bond acceptors (Lipinski definition) is 13. The molecule has 3 saturated heterocycles. The molecule has 18 atom stereocenters. The fourth-order valence-electron chi connectivity index (χ4n) is 9.48. The van der Waals surface area contributed by atoms with Crippen LogP contribution < -0.4 is 16.0 Å². The molecule has 61 heavy (non-hydrogen) atoms. The molecule has 0 amide bonds. The number of alkyl halides is 3. The van der Waals surface area contributed by atoms with Gasteiger partial charge >= 0.3 is 12.1 Å². The van der Waals surface area contributed by atoms with Gasteiger partial charge in [0.2, 0.25) is 6.23 Å². The Bertz CT molecular complexity index is 1300. The monoisotopic (exact) mass is 884 g/mol. The van der Waals surface area contributed by atoms with Gasteiger partial charge in [-0.05, 0) is 98.6 Å². The summed E-state index contributed by atoms with van der Waals surface area (Å²) in [5.41, 5.74) is -2.33. The lowest BCUT2D eigenvalue weighted by Gasteiger charge is -2.49. The minimum absolute atomic E-state index is 0.0258. The fraction of sp³-hybridized carbons (Fsp3) is 0.978. The standard InChI is InChI=1S/C45H84F3N3O10/c1-15-19-49-24-33-32(11)57-36(21-44(33,13)55-14)60-38-29(8)39(61-41-35(18-17-27(6)56-41)59-42(45(46,47)48)51-22-25(3)4)43(12,54)20-26(5)23-50-31(10)37(52)28(7)34(16-2)58-40(53)30(38)9/h25-39,41-42,49-52,54H,15-24H2,1-14H3/t26-,27-,28+,29+,30-,31-,32+,33?,34-,35-,36+,37+,38+,39-,41+,42?,43-,44-/m1/s1. The number of esters is 1. The number of cyclic esters (lactones) is 1. The van der Waals surface area contributed by atoms with Gasteiger partial charge in [-0.2, -0.15) is 13.2 Å². The van der Waals surface area contributed by atoms with Crippen LogP contribution in [0.5, 0.6) is 0 Å². The number of halogens is 3. The molecule has 360 valence electrons. The van der Waals surface area contributed by atoms with E-state index in [-0.39, 0.29) is 55.4 Å². The van der Waals surface area contributed by atoms with Crippen molar-refractivity contribution in [1.82, 2.24) is 16.0 Å². The van der Waals surface area contributed by atoms with Crippen LogP contribution in [0, 0.1) is 35.5 Å². The van der Waals surface area contributed by atoms with E-state index in [1.807, 2.05) is 69.2 Å². The molecule has 3 aliphatic heterocycles. The third kappa shape index (κ3) is 15.2. The van der Waals surface area contributed by atoms with Gasteiger partial charge in [0.1, 0.15) is 12.2 Å². The van der Waals surface area contributed by atoms with Crippen LogP contribution in [-0.4, -0.2) is 134 Å². The van der Waals surface area contributed by atoms with Gasteiger partial charge in [-0.15, -0.1) is 0 Å². The maximum atomic E-state index is 14.4. The first kappa shape index (κ1) is 54.2. The average molecular weight is 884 g/mol. The maximum absolute atomic E-state index is 14.4. The Morgan fingerprint density at radius 2 is 1.66 bits per heavy atom. The van der Waals surface area contributed by atoms with Gasteiger partial charge in [0.05, 0.1) is 47.6 Å². The Morgan fingerprint density at radius 3 is 2.25 bits per heavy atom. The zero-order chi connectivity index (χ0) is 46.0. The molecule has 0 aromatic rings. The molecule has 16 heteroatoms. The molecule has 13 nitrogen and oxygen atoms in total. The number of carbonyl (C=O) groups excluding carboxylic acids is 1. The second-order valence-electron chi connectivity index (χ2n) is 19.5. The summed E-state index contributed by atoms with van der Waals surface area (Å²) in [6.07, 6.45) is -12.1. The van der Waals surface area contributed by atoms with Crippen molar-refractivity contribution < 1.29 is 61.3 Å². The number of ether oxygens (including phenoxy) is 7. The molecule has 3 rings (SSSR count). The summed E-state index contributed by atoms with van der Waals surface area (Å²) in [6, 6.07) is -0.373. The van der Waals surface area contributed by atoms with Gasteiger partial charge in [0.15, 0.2) is 12.6 Å². The molecule has 0 aromatic heterocycles. The van der Waals surface area contributed by atoms with Crippen molar-refractivity contribution in [2.75, 3.05) is 33.3 Å². The van der Waals surface area contributed by atoms with Crippen LogP contribution in [0.2, 0.25) is 0 Å². The van der Waals surface area contributed by atoms with Crippen molar-refractivity contribution in [3.8, 4) is 0 Å². The Labute approximate surface area is 364 Å². The Morgan fingerprint density at radius 1 is 0.984 bits per heavy atom. The summed E-state index contributed by atoms with van der Waals surface area (Å²) in [6.45, 7) is 26.3. The summed E-state index contributed by atoms with van der Waals surface area (Å²) in [5, 5.41) is 33.5. The van der Waals surface area contributed by atoms with Gasteiger partial charge in [0.25, 0.3) is 0 Å². The number of aliphatic hydroxyl groups excluding tert-OH is 1. The van der Waals surface area contributed by atoms with Crippen molar-refractivity contribution in [3.05, 3.63) is 0 Å². The highest BCUT2D eigenvalue weighted by molar-refractivity contribution is 5.73. The quantitative estimate of drug-likeness (QED) is 0.0709. The molecule has 3 heterocycles. The third-order valence-corrected chi connectivity index (χ3v) is 13.3. The van der Waals surface area contributed by atoms with Crippen molar-refractivity contribution in [2.45, 2.75) is 213 Å². The summed E-state index contributed by atoms with van der Waals surface area (Å²) in [4.78, 5) is 14.4. The van der Waals surface area contributed by atoms with E-state index in [9.17, 15) is 28.2 Å². The van der Waals surface area contributed by atoms with E-state index in [0.717, 1.165) is 13.0 Å². The highest BCUT2D eigenvalue weighted by Gasteiger charge is 2.52. The molecule has 0 spiro atoms. The van der Waals surface area contributed by atoms with E-state index in [1.54, 1.807) is 21.0 Å². The SMILES string of the molecule is CCCNCC1[C@H](C)O[C@@H](O[C@H]2[C@H](C)[C@@H](O[C@@H]3O[C@H](C)CC[C@H]3OC(NCC(C)C)C(F)(F)F)[C@](C)(O)C[C@@H](C)CN[C@H](C)[C@@H](O)[C@@H](C)[C@@H](CC)OC(=O)[C@@H]2C)C[C@@]1(C)OC. The first-order valence-corrected chi connectivity index (χ1v) is 23.1. The van der Waals surface area contributed by atoms with Crippen molar-refractivity contribution in [3.63, 3.8) is 0 Å². The summed E-state index contributed by atoms with van der Waals surface area (Å²) in [5.74, 6) is -3.02. The third-order valence-electron chi connectivity index (χ3n) is 13.3. The number of methoxy groups -OCH3 is 1. The second kappa shape index (κ2) is 23.8. The van der Waals surface area contributed by atoms with E-state index < -0.39 is 90.4 Å². The van der Waals surface area contributed by atoms with Gasteiger partial charge in [0, 0.05) is 50.4 Å². The first-order chi connectivity index (χ1) is 28.4. The summed E-state index contributed by atoms with van der Waals surface area (Å²) < 4.78 is 88.1. The molecule has 2 unspecified atom stereocenters. The van der Waals surface area contributed by atoms with Crippen LogP contribution in [0.1, 0.15) is 129 Å². The number of carbonyl (C=O) groups is 1. The molecule has 0 bridgehead atoms. The minimum atomic E-state index is -4.72. The topological polar surface area (TPSA) is 158 Å². The van der Waals surface area contributed by atoms with Crippen LogP contribution in [-0.2, 0) is 38.0 Å². The zero-order valence-electron chi connectivity index (χ0n) is 39.7. The molecule has 3 aliphatic rings. The van der Waals surface area contributed by atoms with Gasteiger partial charge < -0.3 is 54.0 Å². The Hall–Kier alpha value is -1.18. The van der Waals surface area contributed by atoms with Crippen molar-refractivity contribution >= 4 is 5.97 Å². The second-order valence-corrected chi connectivity index (χ2v) is 19.5. The molecule has 3 fully saturated rings. The molecule has 0 radical (unpaired) electrons. The van der Waals surface area contributed by atoms with E-state index in [1.165, 1.54) is 0 Å². The molecule has 5 N–H and O–H groups in total. The lowest BCUT2D eigenvalue weighted by atomic mass is 9.77. The summed E-state index contributed by atoms with van der Waals surface area (Å²) >= 11 is 0. The fourth-order valence-corrected chi connectivity index (χ4v) is 9.48. The molecular weight excluding hydrogens is 799 g/mol. The molecule has 0 aliphatic carbocycles. The van der Waals surface area contributed by atoms with Gasteiger partial charge in [-0.25, -0.2) is 0 Å². The summed E-state index contributed by atoms with van der Waals surface area (Å²) in [7, 11) is 1.67. The van der Waals surface area contributed by atoms with E-state index in [0.29, 0.717) is 32.4 Å². The van der Waals surface area contributed by atoms with Crippen LogP contribution in [0.15, 0.2) is 0 Å². The predicted octanol–water partition coefficient (Wildman–Crippen LogP) is 6.32. The van der Waals surface area contributed by atoms with Crippen LogP contribution >= 0.6 is 0 Å². The largest absolute Gasteiger partial charge is 0.462 e. The van der Waals surface area contributed by atoms with Crippen LogP contribution in [0.25, 0.3) is 0 Å². The number of hydrogen-bond donors (Lipinski definition) is 5. The molecule has 0 saturated carbocycles. The molecular formula is C45H84F3N3O10. The van der Waals surface area contributed by atoms with E-state index in [4.69, 9.17) is 33.2 Å². The predicted molar refractivity (Wildman–Crippen MR) is 227 cm³/mol. The number of rotatable bonds is 15. The maximum Gasteiger partial charge on any atom is 0.428 e. The first-order valence-electron chi connectivity index (χ1n) is 23.1. The van der Waals surface area contributed by atoms with Crippen molar-refractivity contribution in [1.29, 1.82) is 0 Å². The minimum Gasteiger partial charge on any atom is -0.462 e. The van der Waals surface area contributed by atoms with Gasteiger partial charge in [-0.3, -0.25) is 10.1 Å². The number of aliphatic hydroxyl groups is 2. The lowest BCUT2D eigenvalue weighted by molar-refractivity contribution is -0.329. The van der Waals surface area contributed by atoms with Crippen LogP contribution in [0.3, 0.4) is 0 Å². The Kier molecular flexibility index (Phi) is 21.2. The average Bonchev–Trinajstić information content (AvgIpc) is 3.18. The smallest absolute Gasteiger partial charge is 0.428 e.